The zero-order valence-electron chi connectivity index (χ0n) is 14.5. The lowest BCUT2D eigenvalue weighted by atomic mass is 10.2. The molecule has 1 atom stereocenters. The summed E-state index contributed by atoms with van der Waals surface area (Å²) < 4.78 is 48.6. The van der Waals surface area contributed by atoms with E-state index < -0.39 is 17.6 Å². The Labute approximate surface area is 149 Å². The molecule has 0 aliphatic rings. The third-order valence-electron chi connectivity index (χ3n) is 3.46. The molecule has 0 aliphatic heterocycles. The number of amides is 1. The molecular weight excluding hydrogens is 347 g/mol. The topological polar surface area (TPSA) is 47.6 Å². The normalized spacial score (nSPS) is 12.3. The number of carbonyl (C=O) groups is 1. The molecule has 0 aliphatic carbocycles. The van der Waals surface area contributed by atoms with Crippen LogP contribution in [0.25, 0.3) is 0 Å². The van der Waals surface area contributed by atoms with Gasteiger partial charge in [-0.25, -0.2) is 0 Å². The fraction of sp³-hybridized carbons (Fsp3) is 0.316. The van der Waals surface area contributed by atoms with E-state index in [2.05, 4.69) is 5.32 Å². The van der Waals surface area contributed by atoms with Crippen LogP contribution in [0, 0.1) is 6.92 Å². The summed E-state index contributed by atoms with van der Waals surface area (Å²) in [5.74, 6) is 0.234. The second kappa shape index (κ2) is 8.60. The van der Waals surface area contributed by atoms with Crippen molar-refractivity contribution in [2.24, 2.45) is 0 Å². The molecule has 26 heavy (non-hydrogen) atoms. The maximum Gasteiger partial charge on any atom is 0.416 e. The van der Waals surface area contributed by atoms with E-state index >= 15 is 0 Å². The Kier molecular flexibility index (Phi) is 6.49. The quantitative estimate of drug-likeness (QED) is 0.805. The summed E-state index contributed by atoms with van der Waals surface area (Å²) in [4.78, 5) is 11.9. The maximum absolute atomic E-state index is 12.6. The summed E-state index contributed by atoms with van der Waals surface area (Å²) >= 11 is 0. The molecule has 1 N–H and O–H groups in total. The smallest absolute Gasteiger partial charge is 0.416 e. The molecule has 0 heterocycles. The molecule has 7 heteroatoms. The molecule has 2 rings (SSSR count). The van der Waals surface area contributed by atoms with E-state index in [1.165, 1.54) is 12.1 Å². The largest absolute Gasteiger partial charge is 0.491 e. The first kappa shape index (κ1) is 19.6. The van der Waals surface area contributed by atoms with Crippen molar-refractivity contribution in [2.75, 3.05) is 13.2 Å². The molecule has 0 radical (unpaired) electrons. The van der Waals surface area contributed by atoms with Gasteiger partial charge in [0.05, 0.1) is 11.6 Å². The van der Waals surface area contributed by atoms with Gasteiger partial charge in [-0.1, -0.05) is 23.8 Å². The summed E-state index contributed by atoms with van der Waals surface area (Å²) in [6.45, 7) is 3.61. The number of benzene rings is 2. The van der Waals surface area contributed by atoms with E-state index in [9.17, 15) is 18.0 Å². The van der Waals surface area contributed by atoms with Crippen molar-refractivity contribution in [3.63, 3.8) is 0 Å². The number of nitrogens with one attached hydrogen (secondary N) is 1. The Morgan fingerprint density at radius 1 is 1.08 bits per heavy atom. The predicted molar refractivity (Wildman–Crippen MR) is 91.2 cm³/mol. The molecule has 2 aromatic carbocycles. The molecule has 2 aromatic rings. The second-order valence-corrected chi connectivity index (χ2v) is 5.91. The van der Waals surface area contributed by atoms with Gasteiger partial charge in [0, 0.05) is 0 Å². The van der Waals surface area contributed by atoms with Crippen molar-refractivity contribution in [2.45, 2.75) is 26.1 Å². The van der Waals surface area contributed by atoms with Crippen molar-refractivity contribution in [1.82, 2.24) is 5.32 Å². The van der Waals surface area contributed by atoms with Crippen LogP contribution in [-0.2, 0) is 11.0 Å². The van der Waals surface area contributed by atoms with Crippen molar-refractivity contribution in [3.05, 3.63) is 59.7 Å². The van der Waals surface area contributed by atoms with Crippen LogP contribution in [0.3, 0.4) is 0 Å². The fourth-order valence-corrected chi connectivity index (χ4v) is 2.12. The van der Waals surface area contributed by atoms with Crippen molar-refractivity contribution in [3.8, 4) is 11.5 Å². The standard InChI is InChI=1S/C19H20F3NO3/c1-13-6-8-16(9-7-13)25-11-14(2)23-18(24)12-26-17-5-3-4-15(10-17)19(20,21)22/h3-10,14H,11-12H2,1-2H3,(H,23,24)/t14-/m1/s1. The summed E-state index contributed by atoms with van der Waals surface area (Å²) in [5, 5.41) is 2.67. The summed E-state index contributed by atoms with van der Waals surface area (Å²) in [5.41, 5.74) is 0.292. The number of carbonyl (C=O) groups excluding carboxylic acids is 1. The minimum atomic E-state index is -4.45. The van der Waals surface area contributed by atoms with Crippen LogP contribution >= 0.6 is 0 Å². The van der Waals surface area contributed by atoms with E-state index in [1.807, 2.05) is 31.2 Å². The van der Waals surface area contributed by atoms with Gasteiger partial charge in [0.2, 0.25) is 0 Å². The third-order valence-corrected chi connectivity index (χ3v) is 3.46. The van der Waals surface area contributed by atoms with E-state index in [1.54, 1.807) is 6.92 Å². The first-order valence-electron chi connectivity index (χ1n) is 8.03. The molecule has 0 unspecified atom stereocenters. The van der Waals surface area contributed by atoms with Crippen LogP contribution in [0.5, 0.6) is 11.5 Å². The molecule has 4 nitrogen and oxygen atoms in total. The van der Waals surface area contributed by atoms with Gasteiger partial charge in [-0.15, -0.1) is 0 Å². The van der Waals surface area contributed by atoms with Crippen LogP contribution in [0.15, 0.2) is 48.5 Å². The highest BCUT2D eigenvalue weighted by molar-refractivity contribution is 5.77. The molecule has 140 valence electrons. The SMILES string of the molecule is Cc1ccc(OC[C@@H](C)NC(=O)COc2cccc(C(F)(F)F)c2)cc1. The number of hydrogen-bond donors (Lipinski definition) is 1. The minimum absolute atomic E-state index is 0.0152. The van der Waals surface area contributed by atoms with Gasteiger partial charge in [-0.3, -0.25) is 4.79 Å². The molecule has 0 saturated heterocycles. The van der Waals surface area contributed by atoms with Gasteiger partial charge >= 0.3 is 6.18 Å². The van der Waals surface area contributed by atoms with Crippen LogP contribution in [0.4, 0.5) is 13.2 Å². The third kappa shape index (κ3) is 6.31. The zero-order valence-corrected chi connectivity index (χ0v) is 14.5. The number of alkyl halides is 3. The summed E-state index contributed by atoms with van der Waals surface area (Å²) in [6, 6.07) is 11.6. The van der Waals surface area contributed by atoms with E-state index in [0.717, 1.165) is 17.7 Å². The molecule has 0 fully saturated rings. The lowest BCUT2D eigenvalue weighted by Gasteiger charge is -2.16. The Morgan fingerprint density at radius 3 is 2.42 bits per heavy atom. The highest BCUT2D eigenvalue weighted by Crippen LogP contribution is 2.31. The zero-order chi connectivity index (χ0) is 19.2. The average molecular weight is 367 g/mol. The predicted octanol–water partition coefficient (Wildman–Crippen LogP) is 3.98. The lowest BCUT2D eigenvalue weighted by molar-refractivity contribution is -0.137. The number of ether oxygens (including phenoxy) is 2. The van der Waals surface area contributed by atoms with Gasteiger partial charge < -0.3 is 14.8 Å². The van der Waals surface area contributed by atoms with E-state index in [0.29, 0.717) is 5.75 Å². The van der Waals surface area contributed by atoms with E-state index in [-0.39, 0.29) is 25.0 Å². The fourth-order valence-electron chi connectivity index (χ4n) is 2.12. The van der Waals surface area contributed by atoms with Crippen LogP contribution in [0.1, 0.15) is 18.1 Å². The van der Waals surface area contributed by atoms with Gasteiger partial charge in [0.1, 0.15) is 18.1 Å². The number of aryl methyl sites for hydroxylation is 1. The van der Waals surface area contributed by atoms with Gasteiger partial charge in [-0.2, -0.15) is 13.2 Å². The summed E-state index contributed by atoms with van der Waals surface area (Å²) in [7, 11) is 0. The highest BCUT2D eigenvalue weighted by Gasteiger charge is 2.30. The molecule has 1 amide bonds. The Morgan fingerprint density at radius 2 is 1.77 bits per heavy atom. The van der Waals surface area contributed by atoms with Crippen molar-refractivity contribution >= 4 is 5.91 Å². The first-order valence-corrected chi connectivity index (χ1v) is 8.03. The average Bonchev–Trinajstić information content (AvgIpc) is 2.59. The Bertz CT molecular complexity index is 730. The van der Waals surface area contributed by atoms with Crippen LogP contribution < -0.4 is 14.8 Å². The second-order valence-electron chi connectivity index (χ2n) is 5.91. The van der Waals surface area contributed by atoms with Crippen molar-refractivity contribution in [1.29, 1.82) is 0 Å². The van der Waals surface area contributed by atoms with Gasteiger partial charge in [0.25, 0.3) is 5.91 Å². The maximum atomic E-state index is 12.6. The monoisotopic (exact) mass is 367 g/mol. The summed E-state index contributed by atoms with van der Waals surface area (Å²) in [6.07, 6.45) is -4.45. The first-order chi connectivity index (χ1) is 12.2. The number of halogens is 3. The number of hydrogen-bond acceptors (Lipinski definition) is 3. The molecule has 0 saturated carbocycles. The highest BCUT2D eigenvalue weighted by atomic mass is 19.4. The number of rotatable bonds is 7. The molecule has 0 aromatic heterocycles. The lowest BCUT2D eigenvalue weighted by Crippen LogP contribution is -2.39. The van der Waals surface area contributed by atoms with Gasteiger partial charge in [0.15, 0.2) is 6.61 Å². The molecule has 0 spiro atoms. The minimum Gasteiger partial charge on any atom is -0.491 e. The van der Waals surface area contributed by atoms with E-state index in [4.69, 9.17) is 9.47 Å². The Balaban J connectivity index is 1.76. The molecule has 0 bridgehead atoms. The Hall–Kier alpha value is -2.70. The van der Waals surface area contributed by atoms with Gasteiger partial charge in [-0.05, 0) is 44.2 Å². The van der Waals surface area contributed by atoms with Crippen molar-refractivity contribution < 1.29 is 27.4 Å². The van der Waals surface area contributed by atoms with Crippen LogP contribution in [-0.4, -0.2) is 25.2 Å². The van der Waals surface area contributed by atoms with Crippen LogP contribution in [0.2, 0.25) is 0 Å². The molecular formula is C19H20F3NO3.